The van der Waals surface area contributed by atoms with Crippen LogP contribution in [0.25, 0.3) is 0 Å². The van der Waals surface area contributed by atoms with Gasteiger partial charge in [-0.3, -0.25) is 4.79 Å². The van der Waals surface area contributed by atoms with Gasteiger partial charge in [0.1, 0.15) is 0 Å². The third-order valence-corrected chi connectivity index (χ3v) is 3.93. The molecule has 124 valence electrons. The Kier molecular flexibility index (Phi) is 4.60. The van der Waals surface area contributed by atoms with Crippen LogP contribution in [-0.2, 0) is 0 Å². The molecule has 0 spiro atoms. The topological polar surface area (TPSA) is 101 Å². The second-order valence-electron chi connectivity index (χ2n) is 5.56. The molecule has 1 aliphatic rings. The molecule has 2 aromatic rings. The second-order valence-corrected chi connectivity index (χ2v) is 5.56. The minimum atomic E-state index is -0.0108. The van der Waals surface area contributed by atoms with Gasteiger partial charge in [0.05, 0.1) is 11.9 Å². The Morgan fingerprint density at radius 1 is 1.00 bits per heavy atom. The Balaban J connectivity index is 1.61. The van der Waals surface area contributed by atoms with E-state index in [2.05, 4.69) is 14.9 Å². The number of carbonyl (C=O) groups excluding carboxylic acids is 1. The highest BCUT2D eigenvalue weighted by molar-refractivity contribution is 5.94. The van der Waals surface area contributed by atoms with Crippen molar-refractivity contribution in [3.05, 3.63) is 54.2 Å². The van der Waals surface area contributed by atoms with E-state index in [4.69, 9.17) is 11.5 Å². The zero-order chi connectivity index (χ0) is 16.9. The molecular weight excluding hydrogens is 304 g/mol. The van der Waals surface area contributed by atoms with Crippen molar-refractivity contribution in [2.75, 3.05) is 31.1 Å². The zero-order valence-corrected chi connectivity index (χ0v) is 13.3. The van der Waals surface area contributed by atoms with Gasteiger partial charge in [-0.25, -0.2) is 4.98 Å². The number of piperazine rings is 1. The smallest absolute Gasteiger partial charge is 0.253 e. The van der Waals surface area contributed by atoms with Crippen LogP contribution in [0.1, 0.15) is 10.4 Å². The number of rotatable bonds is 3. The van der Waals surface area contributed by atoms with Crippen molar-refractivity contribution >= 4 is 23.4 Å². The van der Waals surface area contributed by atoms with Crippen LogP contribution in [0.5, 0.6) is 0 Å². The third-order valence-electron chi connectivity index (χ3n) is 3.93. The zero-order valence-electron chi connectivity index (χ0n) is 13.3. The summed E-state index contributed by atoms with van der Waals surface area (Å²) in [6.45, 7) is 2.90. The fraction of sp³-hybridized carbons (Fsp3) is 0.235. The number of nitrogens with zero attached hydrogens (tertiary/aromatic N) is 4. The van der Waals surface area contributed by atoms with E-state index in [1.807, 2.05) is 41.3 Å². The highest BCUT2D eigenvalue weighted by atomic mass is 16.2. The van der Waals surface area contributed by atoms with Gasteiger partial charge >= 0.3 is 0 Å². The van der Waals surface area contributed by atoms with Crippen LogP contribution < -0.4 is 16.4 Å². The van der Waals surface area contributed by atoms with Crippen molar-refractivity contribution in [1.29, 1.82) is 0 Å². The second kappa shape index (κ2) is 6.99. The molecule has 24 heavy (non-hydrogen) atoms. The van der Waals surface area contributed by atoms with Gasteiger partial charge in [0.25, 0.3) is 5.91 Å². The van der Waals surface area contributed by atoms with E-state index >= 15 is 0 Å². The number of aromatic nitrogens is 1. The van der Waals surface area contributed by atoms with Gasteiger partial charge in [-0.15, -0.1) is 0 Å². The molecule has 1 saturated heterocycles. The summed E-state index contributed by atoms with van der Waals surface area (Å²) in [6, 6.07) is 13.1. The number of nitrogens with two attached hydrogens (primary N) is 2. The lowest BCUT2D eigenvalue weighted by Crippen LogP contribution is -2.48. The van der Waals surface area contributed by atoms with Crippen LogP contribution in [-0.4, -0.2) is 47.9 Å². The lowest BCUT2D eigenvalue weighted by Gasteiger charge is -2.36. The summed E-state index contributed by atoms with van der Waals surface area (Å²) in [5.41, 5.74) is 12.4. The van der Waals surface area contributed by atoms with E-state index in [0.717, 1.165) is 24.3 Å². The van der Waals surface area contributed by atoms with E-state index in [-0.39, 0.29) is 11.9 Å². The van der Waals surface area contributed by atoms with Gasteiger partial charge in [-0.2, -0.15) is 4.99 Å². The standard InChI is InChI=1S/C17H20N6O/c18-17(19)21-15-7-6-14(12-20-15)22-8-10-23(11-9-22)16(24)13-4-2-1-3-5-13/h1-7,12H,8-11H2,(H4,18,19,20,21). The molecule has 1 aromatic heterocycles. The quantitative estimate of drug-likeness (QED) is 0.646. The van der Waals surface area contributed by atoms with E-state index in [9.17, 15) is 4.79 Å². The molecular formula is C17H20N6O. The molecule has 0 bridgehead atoms. The van der Waals surface area contributed by atoms with Gasteiger partial charge in [0.2, 0.25) is 0 Å². The van der Waals surface area contributed by atoms with E-state index in [1.54, 1.807) is 12.3 Å². The first-order valence-electron chi connectivity index (χ1n) is 7.78. The average molecular weight is 324 g/mol. The number of anilines is 1. The Labute approximate surface area is 140 Å². The van der Waals surface area contributed by atoms with Gasteiger partial charge in [0, 0.05) is 31.7 Å². The number of hydrogen-bond donors (Lipinski definition) is 2. The highest BCUT2D eigenvalue weighted by Crippen LogP contribution is 2.19. The number of hydrogen-bond acceptors (Lipinski definition) is 4. The average Bonchev–Trinajstić information content (AvgIpc) is 2.62. The molecule has 1 amide bonds. The molecule has 1 fully saturated rings. The first-order valence-corrected chi connectivity index (χ1v) is 7.78. The molecule has 7 nitrogen and oxygen atoms in total. The van der Waals surface area contributed by atoms with Crippen molar-refractivity contribution in [3.63, 3.8) is 0 Å². The summed E-state index contributed by atoms with van der Waals surface area (Å²) in [4.78, 5) is 24.7. The first kappa shape index (κ1) is 15.8. The normalized spacial score (nSPS) is 14.3. The number of aliphatic imine (C=N–C) groups is 1. The summed E-state index contributed by atoms with van der Waals surface area (Å²) >= 11 is 0. The molecule has 7 heteroatoms. The maximum absolute atomic E-state index is 12.4. The van der Waals surface area contributed by atoms with Crippen molar-refractivity contribution in [2.45, 2.75) is 0 Å². The van der Waals surface area contributed by atoms with Gasteiger partial charge < -0.3 is 21.3 Å². The summed E-state index contributed by atoms with van der Waals surface area (Å²) in [6.07, 6.45) is 1.75. The molecule has 0 unspecified atom stereocenters. The molecule has 4 N–H and O–H groups in total. The molecule has 0 radical (unpaired) electrons. The SMILES string of the molecule is NC(N)=Nc1ccc(N2CCN(C(=O)c3ccccc3)CC2)cn1. The van der Waals surface area contributed by atoms with E-state index < -0.39 is 0 Å². The largest absolute Gasteiger partial charge is 0.370 e. The maximum Gasteiger partial charge on any atom is 0.253 e. The predicted octanol–water partition coefficient (Wildman–Crippen LogP) is 0.949. The summed E-state index contributed by atoms with van der Waals surface area (Å²) in [5.74, 6) is 0.552. The van der Waals surface area contributed by atoms with Gasteiger partial charge in [-0.1, -0.05) is 18.2 Å². The van der Waals surface area contributed by atoms with Crippen molar-refractivity contribution < 1.29 is 4.79 Å². The number of guanidine groups is 1. The Bertz CT molecular complexity index is 717. The lowest BCUT2D eigenvalue weighted by molar-refractivity contribution is 0.0747. The number of amides is 1. The highest BCUT2D eigenvalue weighted by Gasteiger charge is 2.22. The van der Waals surface area contributed by atoms with Crippen molar-refractivity contribution in [2.24, 2.45) is 16.5 Å². The number of benzene rings is 1. The predicted molar refractivity (Wildman–Crippen MR) is 94.3 cm³/mol. The fourth-order valence-corrected chi connectivity index (χ4v) is 2.69. The van der Waals surface area contributed by atoms with E-state index in [1.165, 1.54) is 0 Å². The Morgan fingerprint density at radius 3 is 2.29 bits per heavy atom. The number of pyridine rings is 1. The number of carbonyl (C=O) groups is 1. The first-order chi connectivity index (χ1) is 11.6. The molecule has 0 aliphatic carbocycles. The van der Waals surface area contributed by atoms with Crippen molar-refractivity contribution in [3.8, 4) is 0 Å². The van der Waals surface area contributed by atoms with Crippen LogP contribution in [0, 0.1) is 0 Å². The van der Waals surface area contributed by atoms with E-state index in [0.29, 0.717) is 18.9 Å². The molecule has 2 heterocycles. The summed E-state index contributed by atoms with van der Waals surface area (Å²) in [7, 11) is 0. The van der Waals surface area contributed by atoms with Crippen LogP contribution in [0.4, 0.5) is 11.5 Å². The van der Waals surface area contributed by atoms with Crippen LogP contribution in [0.2, 0.25) is 0 Å². The molecule has 0 saturated carbocycles. The minimum Gasteiger partial charge on any atom is -0.370 e. The third kappa shape index (κ3) is 3.62. The summed E-state index contributed by atoms with van der Waals surface area (Å²) < 4.78 is 0. The fourth-order valence-electron chi connectivity index (χ4n) is 2.69. The molecule has 1 aliphatic heterocycles. The molecule has 1 aromatic carbocycles. The monoisotopic (exact) mass is 324 g/mol. The van der Waals surface area contributed by atoms with Gasteiger partial charge in [-0.05, 0) is 24.3 Å². The molecule has 3 rings (SSSR count). The van der Waals surface area contributed by atoms with Crippen LogP contribution >= 0.6 is 0 Å². The lowest BCUT2D eigenvalue weighted by atomic mass is 10.2. The van der Waals surface area contributed by atoms with Crippen LogP contribution in [0.15, 0.2) is 53.7 Å². The van der Waals surface area contributed by atoms with Gasteiger partial charge in [0.15, 0.2) is 11.8 Å². The summed E-state index contributed by atoms with van der Waals surface area (Å²) in [5, 5.41) is 0. The van der Waals surface area contributed by atoms with Crippen molar-refractivity contribution in [1.82, 2.24) is 9.88 Å². The maximum atomic E-state index is 12.4. The Hall–Kier alpha value is -3.09. The minimum absolute atomic E-state index is 0.0108. The van der Waals surface area contributed by atoms with Crippen LogP contribution in [0.3, 0.4) is 0 Å². The Morgan fingerprint density at radius 2 is 1.71 bits per heavy atom. The molecule has 0 atom stereocenters.